The summed E-state index contributed by atoms with van der Waals surface area (Å²) in [4.78, 5) is 59.8. The van der Waals surface area contributed by atoms with Crippen molar-refractivity contribution >= 4 is 72.9 Å². The van der Waals surface area contributed by atoms with E-state index in [1.807, 2.05) is 48.5 Å². The fraction of sp³-hybridized carbons (Fsp3) is 0.326. The maximum atomic E-state index is 14.4. The van der Waals surface area contributed by atoms with E-state index in [-0.39, 0.29) is 36.2 Å². The molecule has 0 fully saturated rings. The van der Waals surface area contributed by atoms with E-state index in [4.69, 9.17) is 0 Å². The number of unbranched alkanes of at least 4 members (excludes halogenated alkanes) is 6. The first-order chi connectivity index (χ1) is 26.2. The lowest BCUT2D eigenvalue weighted by molar-refractivity contribution is -0.416. The summed E-state index contributed by atoms with van der Waals surface area (Å²) in [7, 11) is 1.41. The summed E-state index contributed by atoms with van der Waals surface area (Å²) >= 11 is 0. The molecule has 8 nitrogen and oxygen atoms in total. The molecule has 0 unspecified atom stereocenters. The Hall–Kier alpha value is -5.63. The van der Waals surface area contributed by atoms with Crippen LogP contribution >= 0.6 is 0 Å². The maximum absolute atomic E-state index is 14.4. The molecule has 0 radical (unpaired) electrons. The van der Waals surface area contributed by atoms with Gasteiger partial charge in [-0.25, -0.2) is 4.74 Å². The average Bonchev–Trinajstić information content (AvgIpc) is 3.17. The second kappa shape index (κ2) is 14.3. The molecule has 0 saturated carbocycles. The molecule has 0 saturated heterocycles. The summed E-state index contributed by atoms with van der Waals surface area (Å²) in [6.45, 7) is 4.47. The Bertz CT molecular complexity index is 2380. The number of hydrogen-bond donors (Lipinski definition) is 0. The molecule has 0 aliphatic carbocycles. The lowest BCUT2D eigenvalue weighted by Gasteiger charge is -2.35. The molecule has 54 heavy (non-hydrogen) atoms. The van der Waals surface area contributed by atoms with Crippen LogP contribution < -0.4 is 0 Å². The average molecular weight is 720 g/mol. The van der Waals surface area contributed by atoms with Crippen molar-refractivity contribution in [2.75, 3.05) is 7.05 Å². The van der Waals surface area contributed by atoms with E-state index in [1.54, 1.807) is 29.2 Å². The summed E-state index contributed by atoms with van der Waals surface area (Å²) in [6, 6.07) is 22.2. The van der Waals surface area contributed by atoms with Crippen molar-refractivity contribution in [1.29, 1.82) is 0 Å². The monoisotopic (exact) mass is 719 g/mol. The van der Waals surface area contributed by atoms with Crippen LogP contribution in [-0.2, 0) is 6.54 Å². The van der Waals surface area contributed by atoms with Gasteiger partial charge in [0.05, 0.1) is 6.54 Å². The van der Waals surface area contributed by atoms with Gasteiger partial charge in [0.25, 0.3) is 23.6 Å². The van der Waals surface area contributed by atoms with Gasteiger partial charge in [0.2, 0.25) is 0 Å². The number of imide groups is 2. The van der Waals surface area contributed by atoms with Gasteiger partial charge in [-0.2, -0.15) is 0 Å². The van der Waals surface area contributed by atoms with E-state index in [2.05, 4.69) is 13.8 Å². The van der Waals surface area contributed by atoms with Crippen LogP contribution in [0.2, 0.25) is 0 Å². The Morgan fingerprint density at radius 3 is 1.39 bits per heavy atom. The van der Waals surface area contributed by atoms with Crippen LogP contribution in [0.1, 0.15) is 131 Å². The molecule has 4 amide bonds. The van der Waals surface area contributed by atoms with Gasteiger partial charge in [0.1, 0.15) is 7.05 Å². The van der Waals surface area contributed by atoms with E-state index in [0.717, 1.165) is 112 Å². The number of hydrogen-bond acceptors (Lipinski definition) is 5. The minimum atomic E-state index is -0.364. The second-order valence-corrected chi connectivity index (χ2v) is 15.1. The number of nitrogens with zero attached hydrogens (tertiary/aromatic N) is 3. The highest BCUT2D eigenvalue weighted by atomic mass is 16.5. The first-order valence-corrected chi connectivity index (χ1v) is 19.5. The molecule has 2 aliphatic heterocycles. The molecule has 0 spiro atoms. The van der Waals surface area contributed by atoms with Gasteiger partial charge in [-0.05, 0) is 87.1 Å². The number of fused-ring (bicyclic) bond motifs is 2. The fourth-order valence-electron chi connectivity index (χ4n) is 8.93. The van der Waals surface area contributed by atoms with E-state index < -0.39 is 0 Å². The topological polar surface area (TPSA) is 101 Å². The molecule has 2 heterocycles. The van der Waals surface area contributed by atoms with Crippen LogP contribution in [0.4, 0.5) is 0 Å². The summed E-state index contributed by atoms with van der Waals surface area (Å²) in [5.74, 6) is -1.16. The molecule has 6 aromatic rings. The Morgan fingerprint density at radius 1 is 0.556 bits per heavy atom. The summed E-state index contributed by atoms with van der Waals surface area (Å²) in [6.07, 6.45) is 11.8. The third kappa shape index (κ3) is 5.79. The minimum absolute atomic E-state index is 0.0979. The molecule has 0 aromatic heterocycles. The number of amides is 4. The first-order valence-electron chi connectivity index (χ1n) is 19.5. The van der Waals surface area contributed by atoms with Crippen molar-refractivity contribution in [3.63, 3.8) is 0 Å². The van der Waals surface area contributed by atoms with Crippen LogP contribution in [0.15, 0.2) is 72.8 Å². The molecule has 2 aliphatic rings. The zero-order valence-electron chi connectivity index (χ0n) is 31.2. The zero-order valence-corrected chi connectivity index (χ0v) is 31.2. The number of carbonyl (C=O) groups excluding carboxylic acids is 4. The number of benzene rings is 6. The quantitative estimate of drug-likeness (QED) is 0.0163. The normalized spacial score (nSPS) is 14.7. The molecule has 8 rings (SSSR count). The first kappa shape index (κ1) is 35.4. The van der Waals surface area contributed by atoms with E-state index in [9.17, 15) is 24.4 Å². The SMILES string of the molecule is CCCCCCC(CCCCCC)N1C(=O)c2ccc3c4ccc5c6c(ccc(c7ccc(c2c37)C1=O)c64)C(=O)N(Cc1ccc(/C=[N+](\C)[O-])cc1)C5=O. The van der Waals surface area contributed by atoms with Crippen molar-refractivity contribution in [3.8, 4) is 0 Å². The predicted molar refractivity (Wildman–Crippen MR) is 215 cm³/mol. The maximum Gasteiger partial charge on any atom is 0.261 e. The van der Waals surface area contributed by atoms with Gasteiger partial charge in [0.15, 0.2) is 6.21 Å². The standard InChI is InChI=1S/C46H45N3O5/c1-4-6-8-10-12-30(13-11-9-7-5-2)49-45(52)37-24-20-33-31-18-22-35-41-36(23-19-32(39(31)41)34-21-25-38(46(49)53)42(37)40(33)34)44(51)48(43(35)50)27-29-16-14-28(15-17-29)26-47(3)54/h14-26,30H,4-13,27H2,1-3H3/b47-26+. The zero-order chi connectivity index (χ0) is 37.7. The molecule has 8 heteroatoms. The van der Waals surface area contributed by atoms with Crippen LogP contribution in [0, 0.1) is 5.21 Å². The van der Waals surface area contributed by atoms with Crippen molar-refractivity contribution in [3.05, 3.63) is 111 Å². The Morgan fingerprint density at radius 2 is 0.981 bits per heavy atom. The van der Waals surface area contributed by atoms with Crippen LogP contribution in [0.5, 0.6) is 0 Å². The van der Waals surface area contributed by atoms with Gasteiger partial charge >= 0.3 is 0 Å². The van der Waals surface area contributed by atoms with Crippen molar-refractivity contribution in [1.82, 2.24) is 9.80 Å². The second-order valence-electron chi connectivity index (χ2n) is 15.1. The molecule has 0 bridgehead atoms. The molecule has 6 aromatic carbocycles. The highest BCUT2D eigenvalue weighted by Gasteiger charge is 2.39. The number of carbonyl (C=O) groups is 4. The van der Waals surface area contributed by atoms with Crippen molar-refractivity contribution < 1.29 is 23.9 Å². The van der Waals surface area contributed by atoms with Crippen LogP contribution in [0.3, 0.4) is 0 Å². The Kier molecular flexibility index (Phi) is 9.38. The Labute approximate surface area is 315 Å². The van der Waals surface area contributed by atoms with Gasteiger partial charge in [-0.3, -0.25) is 29.0 Å². The summed E-state index contributed by atoms with van der Waals surface area (Å²) in [5.41, 5.74) is 3.52. The van der Waals surface area contributed by atoms with Gasteiger partial charge in [-0.15, -0.1) is 0 Å². The fourth-order valence-corrected chi connectivity index (χ4v) is 8.93. The van der Waals surface area contributed by atoms with E-state index in [0.29, 0.717) is 33.0 Å². The van der Waals surface area contributed by atoms with Gasteiger partial charge in [-0.1, -0.05) is 102 Å². The third-order valence-electron chi connectivity index (χ3n) is 11.5. The predicted octanol–water partition coefficient (Wildman–Crippen LogP) is 10.00. The highest BCUT2D eigenvalue weighted by molar-refractivity contribution is 6.41. The lowest BCUT2D eigenvalue weighted by atomic mass is 9.82. The molecular weight excluding hydrogens is 675 g/mol. The lowest BCUT2D eigenvalue weighted by Crippen LogP contribution is -2.47. The highest BCUT2D eigenvalue weighted by Crippen LogP contribution is 2.46. The summed E-state index contributed by atoms with van der Waals surface area (Å²) < 4.78 is 0.724. The molecular formula is C46H45N3O5. The van der Waals surface area contributed by atoms with Gasteiger partial charge in [0, 0.05) is 44.6 Å². The summed E-state index contributed by atoms with van der Waals surface area (Å²) in [5, 5.41) is 18.0. The van der Waals surface area contributed by atoms with E-state index >= 15 is 0 Å². The minimum Gasteiger partial charge on any atom is -0.624 e. The van der Waals surface area contributed by atoms with Crippen molar-refractivity contribution in [2.24, 2.45) is 0 Å². The molecule has 274 valence electrons. The van der Waals surface area contributed by atoms with Crippen LogP contribution in [0.25, 0.3) is 43.1 Å². The van der Waals surface area contributed by atoms with E-state index in [1.165, 1.54) is 18.2 Å². The van der Waals surface area contributed by atoms with Crippen LogP contribution in [-0.4, -0.2) is 57.5 Å². The number of rotatable bonds is 14. The molecule has 0 atom stereocenters. The number of hydroxylamine groups is 1. The van der Waals surface area contributed by atoms with Gasteiger partial charge < -0.3 is 5.21 Å². The molecule has 0 N–H and O–H groups in total. The largest absolute Gasteiger partial charge is 0.624 e. The third-order valence-corrected chi connectivity index (χ3v) is 11.5. The van der Waals surface area contributed by atoms with Crippen molar-refractivity contribution in [2.45, 2.75) is 90.6 Å². The Balaban J connectivity index is 1.20. The smallest absolute Gasteiger partial charge is 0.261 e.